The maximum Gasteiger partial charge on any atom is 0.253 e. The van der Waals surface area contributed by atoms with Crippen LogP contribution in [0, 0.1) is 6.92 Å². The molecule has 0 spiro atoms. The lowest BCUT2D eigenvalue weighted by Crippen LogP contribution is -2.33. The summed E-state index contributed by atoms with van der Waals surface area (Å²) in [6, 6.07) is 11.0. The largest absolute Gasteiger partial charge is 0.343 e. The van der Waals surface area contributed by atoms with Gasteiger partial charge in [0.05, 0.1) is 22.8 Å². The summed E-state index contributed by atoms with van der Waals surface area (Å²) in [6.45, 7) is 2.97. The third-order valence-electron chi connectivity index (χ3n) is 3.80. The predicted octanol–water partition coefficient (Wildman–Crippen LogP) is 2.81. The van der Waals surface area contributed by atoms with Gasteiger partial charge in [-0.25, -0.2) is 8.42 Å². The number of anilines is 1. The molecule has 2 amide bonds. The molecular formula is C18H19ClN2O4S. The molecule has 26 heavy (non-hydrogen) atoms. The second-order valence-electron chi connectivity index (χ2n) is 5.54. The van der Waals surface area contributed by atoms with E-state index in [9.17, 15) is 18.0 Å². The number of hydrogen-bond donors (Lipinski definition) is 2. The summed E-state index contributed by atoms with van der Waals surface area (Å²) in [7, 11) is -3.55. The second-order valence-corrected chi connectivity index (χ2v) is 8.20. The van der Waals surface area contributed by atoms with Crippen molar-refractivity contribution in [2.75, 3.05) is 17.6 Å². The first-order valence-corrected chi connectivity index (χ1v) is 9.94. The van der Waals surface area contributed by atoms with E-state index >= 15 is 0 Å². The van der Waals surface area contributed by atoms with Gasteiger partial charge >= 0.3 is 0 Å². The summed E-state index contributed by atoms with van der Waals surface area (Å²) in [4.78, 5) is 24.3. The molecule has 138 valence electrons. The van der Waals surface area contributed by atoms with Crippen LogP contribution < -0.4 is 10.6 Å². The van der Waals surface area contributed by atoms with Crippen molar-refractivity contribution in [2.45, 2.75) is 18.7 Å². The van der Waals surface area contributed by atoms with E-state index in [1.54, 1.807) is 37.3 Å². The highest BCUT2D eigenvalue weighted by atomic mass is 35.5. The average Bonchev–Trinajstić information content (AvgIpc) is 2.63. The Hall–Kier alpha value is -2.38. The number of rotatable bonds is 6. The normalized spacial score (nSPS) is 11.0. The van der Waals surface area contributed by atoms with Crippen LogP contribution in [0.2, 0.25) is 5.02 Å². The Kier molecular flexibility index (Phi) is 6.39. The van der Waals surface area contributed by atoms with E-state index in [0.29, 0.717) is 16.3 Å². The van der Waals surface area contributed by atoms with E-state index in [1.807, 2.05) is 0 Å². The molecule has 0 aliphatic heterocycles. The molecule has 6 nitrogen and oxygen atoms in total. The number of benzene rings is 2. The lowest BCUT2D eigenvalue weighted by Gasteiger charge is -2.11. The zero-order valence-corrected chi connectivity index (χ0v) is 15.9. The minimum Gasteiger partial charge on any atom is -0.343 e. The summed E-state index contributed by atoms with van der Waals surface area (Å²) in [5, 5.41) is 5.62. The Bertz CT molecular complexity index is 942. The zero-order valence-electron chi connectivity index (χ0n) is 14.4. The van der Waals surface area contributed by atoms with Crippen molar-refractivity contribution in [2.24, 2.45) is 0 Å². The van der Waals surface area contributed by atoms with Crippen LogP contribution in [0.1, 0.15) is 22.8 Å². The van der Waals surface area contributed by atoms with Gasteiger partial charge in [0.25, 0.3) is 5.91 Å². The van der Waals surface area contributed by atoms with Gasteiger partial charge in [0.1, 0.15) is 0 Å². The van der Waals surface area contributed by atoms with Gasteiger partial charge in [0.15, 0.2) is 9.84 Å². The molecule has 0 heterocycles. The molecule has 2 N–H and O–H groups in total. The highest BCUT2D eigenvalue weighted by Gasteiger charge is 2.20. The highest BCUT2D eigenvalue weighted by molar-refractivity contribution is 7.91. The summed E-state index contributed by atoms with van der Waals surface area (Å²) in [6.07, 6.45) is 0. The second kappa shape index (κ2) is 8.33. The summed E-state index contributed by atoms with van der Waals surface area (Å²) < 4.78 is 24.2. The molecule has 0 radical (unpaired) electrons. The average molecular weight is 395 g/mol. The standard InChI is InChI=1S/C18H19ClN2O4S/c1-3-26(24,25)16-10-5-4-7-13(16)18(23)20-11-17(22)21-15-9-6-8-14(19)12(15)2/h4-10H,3,11H2,1-2H3,(H,20,23)(H,21,22). The topological polar surface area (TPSA) is 92.3 Å². The lowest BCUT2D eigenvalue weighted by atomic mass is 10.2. The van der Waals surface area contributed by atoms with Crippen molar-refractivity contribution in [3.05, 3.63) is 58.6 Å². The van der Waals surface area contributed by atoms with E-state index in [-0.39, 0.29) is 22.8 Å². The van der Waals surface area contributed by atoms with Crippen LogP contribution in [0.15, 0.2) is 47.4 Å². The Morgan fingerprint density at radius 2 is 1.77 bits per heavy atom. The van der Waals surface area contributed by atoms with Gasteiger partial charge in [-0.1, -0.05) is 36.7 Å². The van der Waals surface area contributed by atoms with E-state index < -0.39 is 21.7 Å². The van der Waals surface area contributed by atoms with E-state index in [4.69, 9.17) is 11.6 Å². The smallest absolute Gasteiger partial charge is 0.253 e. The Labute approximate surface area is 157 Å². The minimum atomic E-state index is -3.55. The molecule has 2 rings (SSSR count). The number of carbonyl (C=O) groups excluding carboxylic acids is 2. The molecule has 0 atom stereocenters. The quantitative estimate of drug-likeness (QED) is 0.787. The fraction of sp³-hybridized carbons (Fsp3) is 0.222. The third-order valence-corrected chi connectivity index (χ3v) is 5.99. The number of carbonyl (C=O) groups is 2. The van der Waals surface area contributed by atoms with Gasteiger partial charge in [0.2, 0.25) is 5.91 Å². The molecule has 2 aromatic rings. The third kappa shape index (κ3) is 4.62. The summed E-state index contributed by atoms with van der Waals surface area (Å²) in [5.41, 5.74) is 1.28. The van der Waals surface area contributed by atoms with Crippen LogP contribution >= 0.6 is 11.6 Å². The molecule has 0 bridgehead atoms. The fourth-order valence-corrected chi connectivity index (χ4v) is 3.54. The van der Waals surface area contributed by atoms with Crippen molar-refractivity contribution >= 4 is 38.9 Å². The molecule has 0 unspecified atom stereocenters. The molecule has 0 saturated carbocycles. The van der Waals surface area contributed by atoms with E-state index in [2.05, 4.69) is 10.6 Å². The van der Waals surface area contributed by atoms with Gasteiger partial charge in [-0.2, -0.15) is 0 Å². The van der Waals surface area contributed by atoms with Crippen molar-refractivity contribution in [1.82, 2.24) is 5.32 Å². The molecule has 0 saturated heterocycles. The van der Waals surface area contributed by atoms with Crippen molar-refractivity contribution in [1.29, 1.82) is 0 Å². The van der Waals surface area contributed by atoms with Crippen LogP contribution in [-0.2, 0) is 14.6 Å². The van der Waals surface area contributed by atoms with Crippen molar-refractivity contribution in [3.63, 3.8) is 0 Å². The SMILES string of the molecule is CCS(=O)(=O)c1ccccc1C(=O)NCC(=O)Nc1cccc(Cl)c1C. The van der Waals surface area contributed by atoms with Gasteiger partial charge in [-0.3, -0.25) is 9.59 Å². The number of hydrogen-bond acceptors (Lipinski definition) is 4. The fourth-order valence-electron chi connectivity index (χ4n) is 2.27. The molecule has 0 aliphatic rings. The molecule has 2 aromatic carbocycles. The van der Waals surface area contributed by atoms with Crippen LogP contribution in [0.3, 0.4) is 0 Å². The molecule has 8 heteroatoms. The number of halogens is 1. The first-order chi connectivity index (χ1) is 12.3. The van der Waals surface area contributed by atoms with Gasteiger partial charge in [0, 0.05) is 10.7 Å². The Morgan fingerprint density at radius 3 is 2.46 bits per heavy atom. The lowest BCUT2D eigenvalue weighted by molar-refractivity contribution is -0.115. The molecule has 0 fully saturated rings. The number of nitrogens with one attached hydrogen (secondary N) is 2. The van der Waals surface area contributed by atoms with Crippen LogP contribution in [-0.4, -0.2) is 32.5 Å². The van der Waals surface area contributed by atoms with Gasteiger partial charge in [-0.05, 0) is 36.8 Å². The summed E-state index contributed by atoms with van der Waals surface area (Å²) >= 11 is 6.00. The Balaban J connectivity index is 2.08. The monoisotopic (exact) mass is 394 g/mol. The van der Waals surface area contributed by atoms with Gasteiger partial charge < -0.3 is 10.6 Å². The summed E-state index contributed by atoms with van der Waals surface area (Å²) in [5.74, 6) is -1.19. The first kappa shape index (κ1) is 19.9. The predicted molar refractivity (Wildman–Crippen MR) is 101 cm³/mol. The zero-order chi connectivity index (χ0) is 19.3. The maximum atomic E-state index is 12.3. The van der Waals surface area contributed by atoms with Crippen LogP contribution in [0.4, 0.5) is 5.69 Å². The molecule has 0 aromatic heterocycles. The maximum absolute atomic E-state index is 12.3. The number of amides is 2. The number of sulfone groups is 1. The molecule has 0 aliphatic carbocycles. The minimum absolute atomic E-state index is 0.0149. The Morgan fingerprint density at radius 1 is 1.08 bits per heavy atom. The van der Waals surface area contributed by atoms with Gasteiger partial charge in [-0.15, -0.1) is 0 Å². The van der Waals surface area contributed by atoms with Crippen LogP contribution in [0.25, 0.3) is 0 Å². The molecular weight excluding hydrogens is 376 g/mol. The van der Waals surface area contributed by atoms with Crippen molar-refractivity contribution in [3.8, 4) is 0 Å². The van der Waals surface area contributed by atoms with Crippen molar-refractivity contribution < 1.29 is 18.0 Å². The van der Waals surface area contributed by atoms with Crippen LogP contribution in [0.5, 0.6) is 0 Å². The van der Waals surface area contributed by atoms with E-state index in [0.717, 1.165) is 0 Å². The first-order valence-electron chi connectivity index (χ1n) is 7.91. The highest BCUT2D eigenvalue weighted by Crippen LogP contribution is 2.22. The van der Waals surface area contributed by atoms with E-state index in [1.165, 1.54) is 19.1 Å².